The van der Waals surface area contributed by atoms with Gasteiger partial charge >= 0.3 is 11.9 Å². The quantitative estimate of drug-likeness (QED) is 0.355. The molecule has 1 saturated carbocycles. The van der Waals surface area contributed by atoms with Gasteiger partial charge in [0.25, 0.3) is 5.69 Å². The monoisotopic (exact) mass is 448 g/mol. The first kappa shape index (κ1) is 20.5. The SMILES string of the molecule is O=C(O)c1cccc2c1N[C@H](C(=O)O)[C@@H]1C[C@@H](Sc3ccccc3[N+](=O)[O-])[C@@H](Cl)[C@@H]21. The van der Waals surface area contributed by atoms with E-state index in [2.05, 4.69) is 5.32 Å². The van der Waals surface area contributed by atoms with Crippen molar-refractivity contribution in [2.24, 2.45) is 5.92 Å². The maximum atomic E-state index is 12.0. The second-order valence-corrected chi connectivity index (χ2v) is 9.07. The summed E-state index contributed by atoms with van der Waals surface area (Å²) in [5.74, 6) is -3.00. The van der Waals surface area contributed by atoms with Crippen LogP contribution in [0.4, 0.5) is 11.4 Å². The summed E-state index contributed by atoms with van der Waals surface area (Å²) in [5, 5.41) is 32.7. The third-order valence-corrected chi connectivity index (χ3v) is 7.80. The Morgan fingerprint density at radius 3 is 2.57 bits per heavy atom. The molecule has 4 rings (SSSR count). The van der Waals surface area contributed by atoms with Crippen molar-refractivity contribution in [3.8, 4) is 0 Å². The molecule has 30 heavy (non-hydrogen) atoms. The fourth-order valence-electron chi connectivity index (χ4n) is 4.44. The molecule has 5 atom stereocenters. The standard InChI is InChI=1S/C20H17ClN2O6S/c21-16-14(30-13-7-2-1-6-12(13)23(28)29)8-11-15(16)9-4-3-5-10(19(24)25)17(9)22-18(11)20(26)27/h1-7,11,14-16,18,22H,8H2,(H,24,25)(H,26,27)/t11-,14-,15+,16-,18+/m1/s1. The van der Waals surface area contributed by atoms with Crippen LogP contribution in [0.25, 0.3) is 0 Å². The molecule has 1 aliphatic carbocycles. The van der Waals surface area contributed by atoms with Crippen molar-refractivity contribution < 1.29 is 24.7 Å². The van der Waals surface area contributed by atoms with Crippen LogP contribution in [-0.4, -0.2) is 43.7 Å². The van der Waals surface area contributed by atoms with Crippen molar-refractivity contribution in [2.75, 3.05) is 5.32 Å². The molecule has 0 amide bonds. The predicted octanol–water partition coefficient (Wildman–Crippen LogP) is 4.04. The van der Waals surface area contributed by atoms with E-state index in [1.807, 2.05) is 0 Å². The van der Waals surface area contributed by atoms with Gasteiger partial charge in [0.15, 0.2) is 0 Å². The van der Waals surface area contributed by atoms with Crippen molar-refractivity contribution in [2.45, 2.75) is 33.9 Å². The average Bonchev–Trinajstić information content (AvgIpc) is 3.03. The third kappa shape index (κ3) is 3.37. The number of nitrogens with one attached hydrogen (secondary N) is 1. The minimum atomic E-state index is -1.16. The summed E-state index contributed by atoms with van der Waals surface area (Å²) in [6.07, 6.45) is 0.427. The minimum Gasteiger partial charge on any atom is -0.480 e. The molecule has 1 heterocycles. The van der Waals surface area contributed by atoms with E-state index >= 15 is 0 Å². The fourth-order valence-corrected chi connectivity index (χ4v) is 6.38. The molecule has 0 aromatic heterocycles. The first-order valence-corrected chi connectivity index (χ1v) is 10.5. The number of para-hydroxylation sites is 2. The van der Waals surface area contributed by atoms with Crippen LogP contribution in [-0.2, 0) is 4.79 Å². The summed E-state index contributed by atoms with van der Waals surface area (Å²) in [5.41, 5.74) is 0.919. The van der Waals surface area contributed by atoms with Crippen molar-refractivity contribution in [1.29, 1.82) is 0 Å². The van der Waals surface area contributed by atoms with Gasteiger partial charge in [-0.05, 0) is 30.0 Å². The van der Waals surface area contributed by atoms with Gasteiger partial charge in [-0.15, -0.1) is 23.4 Å². The number of nitrogens with zero attached hydrogens (tertiary/aromatic N) is 1. The van der Waals surface area contributed by atoms with E-state index in [9.17, 15) is 29.9 Å². The van der Waals surface area contributed by atoms with Gasteiger partial charge in [-0.3, -0.25) is 10.1 Å². The van der Waals surface area contributed by atoms with E-state index < -0.39 is 28.3 Å². The zero-order valence-electron chi connectivity index (χ0n) is 15.4. The topological polar surface area (TPSA) is 130 Å². The molecule has 1 aliphatic heterocycles. The van der Waals surface area contributed by atoms with E-state index in [0.29, 0.717) is 16.9 Å². The van der Waals surface area contributed by atoms with E-state index in [1.165, 1.54) is 23.9 Å². The lowest BCUT2D eigenvalue weighted by Crippen LogP contribution is -2.43. The number of fused-ring (bicyclic) bond motifs is 3. The highest BCUT2D eigenvalue weighted by atomic mass is 35.5. The summed E-state index contributed by atoms with van der Waals surface area (Å²) in [7, 11) is 0. The maximum absolute atomic E-state index is 12.0. The molecule has 2 aromatic rings. The lowest BCUT2D eigenvalue weighted by atomic mass is 9.78. The number of carboxylic acid groups (broad SMARTS) is 2. The molecule has 8 nitrogen and oxygen atoms in total. The lowest BCUT2D eigenvalue weighted by molar-refractivity contribution is -0.387. The van der Waals surface area contributed by atoms with Crippen molar-refractivity contribution >= 4 is 46.7 Å². The Bertz CT molecular complexity index is 1050. The molecule has 1 fully saturated rings. The van der Waals surface area contributed by atoms with Gasteiger partial charge in [0.1, 0.15) is 6.04 Å². The Hall–Kier alpha value is -2.78. The van der Waals surface area contributed by atoms with Crippen LogP contribution in [0.15, 0.2) is 47.4 Å². The molecule has 2 aromatic carbocycles. The summed E-state index contributed by atoms with van der Waals surface area (Å²) < 4.78 is 0. The highest BCUT2D eigenvalue weighted by Crippen LogP contribution is 2.55. The van der Waals surface area contributed by atoms with Crippen LogP contribution in [0.1, 0.15) is 28.3 Å². The summed E-state index contributed by atoms with van der Waals surface area (Å²) in [4.78, 5) is 35.0. The highest BCUT2D eigenvalue weighted by Gasteiger charge is 2.52. The zero-order chi connectivity index (χ0) is 21.6. The van der Waals surface area contributed by atoms with Crippen LogP contribution in [0.2, 0.25) is 0 Å². The molecule has 0 saturated heterocycles. The Morgan fingerprint density at radius 1 is 1.17 bits per heavy atom. The second-order valence-electron chi connectivity index (χ2n) is 7.29. The van der Waals surface area contributed by atoms with Gasteiger partial charge in [0, 0.05) is 17.2 Å². The lowest BCUT2D eigenvalue weighted by Gasteiger charge is -2.36. The van der Waals surface area contributed by atoms with Gasteiger partial charge in [0.05, 0.1) is 26.4 Å². The van der Waals surface area contributed by atoms with Crippen LogP contribution < -0.4 is 5.32 Å². The van der Waals surface area contributed by atoms with Gasteiger partial charge in [-0.1, -0.05) is 24.3 Å². The summed E-state index contributed by atoms with van der Waals surface area (Å²) in [6.45, 7) is 0. The number of anilines is 1. The largest absolute Gasteiger partial charge is 0.480 e. The first-order valence-electron chi connectivity index (χ1n) is 9.19. The Balaban J connectivity index is 1.73. The molecular formula is C20H17ClN2O6S. The number of nitro groups is 1. The molecule has 3 N–H and O–H groups in total. The number of aromatic carboxylic acids is 1. The molecule has 0 unspecified atom stereocenters. The van der Waals surface area contributed by atoms with E-state index in [4.69, 9.17) is 11.6 Å². The molecule has 0 radical (unpaired) electrons. The van der Waals surface area contributed by atoms with Gasteiger partial charge in [-0.2, -0.15) is 0 Å². The van der Waals surface area contributed by atoms with Crippen molar-refractivity contribution in [3.63, 3.8) is 0 Å². The molecule has 0 bridgehead atoms. The molecule has 156 valence electrons. The number of nitro benzene ring substituents is 1. The van der Waals surface area contributed by atoms with Crippen molar-refractivity contribution in [1.82, 2.24) is 0 Å². The summed E-state index contributed by atoms with van der Waals surface area (Å²) >= 11 is 8.07. The number of alkyl halides is 1. The van der Waals surface area contributed by atoms with Gasteiger partial charge in [0.2, 0.25) is 0 Å². The molecule has 10 heteroatoms. The number of hydrogen-bond acceptors (Lipinski definition) is 6. The number of benzene rings is 2. The third-order valence-electron chi connectivity index (χ3n) is 5.68. The predicted molar refractivity (Wildman–Crippen MR) is 112 cm³/mol. The smallest absolute Gasteiger partial charge is 0.337 e. The van der Waals surface area contributed by atoms with E-state index in [0.717, 1.165) is 0 Å². The number of carboxylic acids is 2. The number of thioether (sulfide) groups is 1. The zero-order valence-corrected chi connectivity index (χ0v) is 17.0. The van der Waals surface area contributed by atoms with Crippen LogP contribution in [0.5, 0.6) is 0 Å². The van der Waals surface area contributed by atoms with Crippen molar-refractivity contribution in [3.05, 3.63) is 63.7 Å². The number of rotatable bonds is 5. The number of carbonyl (C=O) groups is 2. The Morgan fingerprint density at radius 2 is 1.90 bits per heavy atom. The van der Waals surface area contributed by atoms with Crippen LogP contribution in [0.3, 0.4) is 0 Å². The second kappa shape index (κ2) is 7.81. The van der Waals surface area contributed by atoms with Crippen LogP contribution in [0, 0.1) is 16.0 Å². The minimum absolute atomic E-state index is 0.00383. The number of hydrogen-bond donors (Lipinski definition) is 3. The van der Waals surface area contributed by atoms with Crippen LogP contribution >= 0.6 is 23.4 Å². The molecular weight excluding hydrogens is 432 g/mol. The number of aliphatic carboxylic acids is 1. The highest BCUT2D eigenvalue weighted by molar-refractivity contribution is 8.00. The van der Waals surface area contributed by atoms with Gasteiger partial charge in [-0.25, -0.2) is 9.59 Å². The summed E-state index contributed by atoms with van der Waals surface area (Å²) in [6, 6.07) is 10.2. The Labute approximate surface area is 180 Å². The number of halogens is 1. The van der Waals surface area contributed by atoms with E-state index in [1.54, 1.807) is 30.3 Å². The average molecular weight is 449 g/mol. The Kier molecular flexibility index (Phi) is 5.33. The first-order chi connectivity index (χ1) is 14.3. The van der Waals surface area contributed by atoms with Gasteiger partial charge < -0.3 is 15.5 Å². The fraction of sp³-hybridized carbons (Fsp3) is 0.300. The molecule has 2 aliphatic rings. The molecule has 0 spiro atoms. The maximum Gasteiger partial charge on any atom is 0.337 e. The normalized spacial score (nSPS) is 26.9. The van der Waals surface area contributed by atoms with E-state index in [-0.39, 0.29) is 34.0 Å².